The number of anilines is 2. The first-order valence-electron chi connectivity index (χ1n) is 14.9. The van der Waals surface area contributed by atoms with E-state index in [1.54, 1.807) is 0 Å². The van der Waals surface area contributed by atoms with Crippen molar-refractivity contribution in [1.29, 1.82) is 0 Å². The topological polar surface area (TPSA) is 138 Å². The molecule has 4 aliphatic rings. The number of rotatable bonds is 4. The Morgan fingerprint density at radius 2 is 1.48 bits per heavy atom. The third-order valence-electron chi connectivity index (χ3n) is 10.1. The van der Waals surface area contributed by atoms with Crippen molar-refractivity contribution in [1.82, 2.24) is 0 Å². The van der Waals surface area contributed by atoms with Crippen LogP contribution in [0.2, 0.25) is 0 Å². The highest BCUT2D eigenvalue weighted by Crippen LogP contribution is 2.67. The summed E-state index contributed by atoms with van der Waals surface area (Å²) in [5, 5.41) is 22.7. The number of carbonyl (C=O) groups is 4. The van der Waals surface area contributed by atoms with Crippen LogP contribution in [0.4, 0.5) is 39.0 Å². The smallest absolute Gasteiger partial charge is 0.271 e. The van der Waals surface area contributed by atoms with Gasteiger partial charge in [0.05, 0.1) is 22.4 Å². The Bertz CT molecular complexity index is 2140. The Labute approximate surface area is 287 Å². The molecule has 2 aliphatic heterocycles. The van der Waals surface area contributed by atoms with Crippen LogP contribution in [0.3, 0.4) is 0 Å². The number of alkyl halides is 2. The number of phenols is 1. The zero-order valence-electron chi connectivity index (χ0n) is 25.2. The monoisotopic (exact) mass is 735 g/mol. The van der Waals surface area contributed by atoms with Crippen molar-refractivity contribution in [3.63, 3.8) is 0 Å². The minimum Gasteiger partial charge on any atom is -0.507 e. The molecule has 50 heavy (non-hydrogen) atoms. The molecule has 0 aromatic heterocycles. The van der Waals surface area contributed by atoms with E-state index in [1.807, 2.05) is 0 Å². The molecule has 2 saturated heterocycles. The van der Waals surface area contributed by atoms with Crippen molar-refractivity contribution in [3.05, 3.63) is 104 Å². The average Bonchev–Trinajstić information content (AvgIpc) is 3.42. The number of imide groups is 2. The highest BCUT2D eigenvalue weighted by molar-refractivity contribution is 6.58. The molecule has 2 heterocycles. The summed E-state index contributed by atoms with van der Waals surface area (Å²) in [6.07, 6.45) is 0.577. The molecule has 3 fully saturated rings. The van der Waals surface area contributed by atoms with E-state index in [2.05, 4.69) is 0 Å². The maximum atomic E-state index is 15.2. The quantitative estimate of drug-likeness (QED) is 0.0502. The van der Waals surface area contributed by atoms with Gasteiger partial charge in [0.1, 0.15) is 11.4 Å². The third kappa shape index (κ3) is 4.13. The lowest BCUT2D eigenvalue weighted by molar-refractivity contribution is -0.384. The number of nitro groups is 1. The van der Waals surface area contributed by atoms with Gasteiger partial charge in [-0.2, -0.15) is 0 Å². The molecule has 0 spiro atoms. The predicted octanol–water partition coefficient (Wildman–Crippen LogP) is 6.07. The first kappa shape index (κ1) is 33.6. The molecule has 0 bridgehead atoms. The molecule has 10 nitrogen and oxygen atoms in total. The summed E-state index contributed by atoms with van der Waals surface area (Å²) >= 11 is 14.1. The van der Waals surface area contributed by atoms with Crippen LogP contribution in [-0.2, 0) is 19.2 Å². The van der Waals surface area contributed by atoms with E-state index in [-0.39, 0.29) is 33.7 Å². The van der Waals surface area contributed by atoms with Crippen molar-refractivity contribution in [3.8, 4) is 5.75 Å². The number of amides is 4. The maximum absolute atomic E-state index is 15.2. The lowest BCUT2D eigenvalue weighted by Crippen LogP contribution is -2.60. The Kier molecular flexibility index (Phi) is 7.43. The van der Waals surface area contributed by atoms with Crippen molar-refractivity contribution in [2.75, 3.05) is 9.80 Å². The lowest BCUT2D eigenvalue weighted by atomic mass is 9.56. The number of hydrogen-bond acceptors (Lipinski definition) is 7. The summed E-state index contributed by atoms with van der Waals surface area (Å²) in [7, 11) is 0. The number of benzene rings is 3. The fraction of sp³-hybridized carbons (Fsp3) is 0.273. The summed E-state index contributed by atoms with van der Waals surface area (Å²) in [6, 6.07) is 8.99. The second-order valence-electron chi connectivity index (χ2n) is 12.5. The van der Waals surface area contributed by atoms with Crippen LogP contribution in [0.1, 0.15) is 29.9 Å². The summed E-state index contributed by atoms with van der Waals surface area (Å²) in [5.74, 6) is -23.2. The molecule has 3 aromatic rings. The molecule has 17 heteroatoms. The molecule has 4 amide bonds. The first-order chi connectivity index (χ1) is 23.5. The lowest BCUT2D eigenvalue weighted by Gasteiger charge is -2.50. The van der Waals surface area contributed by atoms with Crippen molar-refractivity contribution in [2.45, 2.75) is 35.4 Å². The van der Waals surface area contributed by atoms with Gasteiger partial charge in [0.25, 0.3) is 17.5 Å². The van der Waals surface area contributed by atoms with E-state index in [0.29, 0.717) is 0 Å². The fourth-order valence-electron chi connectivity index (χ4n) is 7.83. The number of halogens is 7. The molecular formula is C33H20Cl2F5N3O7. The van der Waals surface area contributed by atoms with Crippen LogP contribution < -0.4 is 9.80 Å². The van der Waals surface area contributed by atoms with E-state index >= 15 is 8.78 Å². The highest BCUT2D eigenvalue weighted by Gasteiger charge is 2.77. The van der Waals surface area contributed by atoms with E-state index in [9.17, 15) is 47.6 Å². The van der Waals surface area contributed by atoms with Crippen LogP contribution in [0.25, 0.3) is 0 Å². The first-order valence-corrected chi connectivity index (χ1v) is 15.6. The van der Waals surface area contributed by atoms with Crippen LogP contribution >= 0.6 is 23.2 Å². The van der Waals surface area contributed by atoms with E-state index in [4.69, 9.17) is 23.2 Å². The Morgan fingerprint density at radius 1 is 0.860 bits per heavy atom. The molecule has 2 aliphatic carbocycles. The summed E-state index contributed by atoms with van der Waals surface area (Å²) in [5.41, 5.74) is -2.19. The second-order valence-corrected chi connectivity index (χ2v) is 13.7. The van der Waals surface area contributed by atoms with Crippen molar-refractivity contribution < 1.29 is 51.2 Å². The highest BCUT2D eigenvalue weighted by atomic mass is 35.5. The number of allylic oxidation sites excluding steroid dienone is 2. The zero-order chi connectivity index (χ0) is 36.4. The number of phenolic OH excluding ortho intramolecular Hbond substituents is 1. The van der Waals surface area contributed by atoms with E-state index in [0.717, 1.165) is 17.0 Å². The van der Waals surface area contributed by atoms with Gasteiger partial charge >= 0.3 is 0 Å². The van der Waals surface area contributed by atoms with E-state index in [1.165, 1.54) is 43.3 Å². The van der Waals surface area contributed by atoms with Crippen molar-refractivity contribution >= 4 is 63.9 Å². The van der Waals surface area contributed by atoms with Gasteiger partial charge in [0, 0.05) is 23.6 Å². The number of aromatic hydroxyl groups is 1. The molecule has 3 aromatic carbocycles. The van der Waals surface area contributed by atoms with Gasteiger partial charge in [0.2, 0.25) is 17.6 Å². The molecule has 1 N–H and O–H groups in total. The number of nitrogens with zero attached hydrogens (tertiary/aromatic N) is 3. The molecule has 258 valence electrons. The Hall–Kier alpha value is -4.89. The van der Waals surface area contributed by atoms with Gasteiger partial charge in [-0.3, -0.25) is 29.3 Å². The van der Waals surface area contributed by atoms with Crippen LogP contribution in [0, 0.1) is 63.9 Å². The van der Waals surface area contributed by atoms with Crippen LogP contribution in [-0.4, -0.2) is 43.4 Å². The van der Waals surface area contributed by atoms with Gasteiger partial charge in [-0.05, 0) is 37.3 Å². The summed E-state index contributed by atoms with van der Waals surface area (Å²) < 4.78 is 73.2. The summed E-state index contributed by atoms with van der Waals surface area (Å²) in [6.45, 7) is 1.48. The number of carbonyl (C=O) groups excluding carboxylic acids is 4. The Balaban J connectivity index is 1.43. The Morgan fingerprint density at radius 3 is 2.12 bits per heavy atom. The normalized spacial score (nSPS) is 28.8. The number of non-ortho nitro benzene ring substituents is 1. The van der Waals surface area contributed by atoms with Crippen LogP contribution in [0.15, 0.2) is 54.1 Å². The van der Waals surface area contributed by atoms with Gasteiger partial charge in [-0.25, -0.2) is 31.8 Å². The second kappa shape index (κ2) is 11.1. The SMILES string of the molecule is Cc1cccc(C2C3=CCC4C(=O)N(c5cccc([N+](=O)[O-])c5)C(=O)C4C3CC3(Cl)C(=O)N(c4c(F)c(F)c(F)c(F)c4F)C(=O)C23Cl)c1O. The largest absolute Gasteiger partial charge is 0.507 e. The maximum Gasteiger partial charge on any atom is 0.271 e. The van der Waals surface area contributed by atoms with E-state index < -0.39 is 115 Å². The number of nitro benzene ring substituents is 1. The van der Waals surface area contributed by atoms with Gasteiger partial charge < -0.3 is 5.11 Å². The van der Waals surface area contributed by atoms with Gasteiger partial charge in [-0.1, -0.05) is 35.9 Å². The number of aryl methyl sites for hydroxylation is 1. The zero-order valence-corrected chi connectivity index (χ0v) is 26.7. The standard InChI is InChI=1S/C33H20Cl2F5N3O7/c1-12-4-2-7-17(27(12)44)20-15-8-9-16-19(29(46)41(28(16)45)13-5-3-6-14(10-13)43(49)50)18(15)11-32(34)30(47)42(31(48)33(20,32)35)26-24(39)22(37)21(36)23(38)25(26)40/h2-8,10,16,18-20,44H,9,11H2,1H3. The number of para-hydroxylation sites is 1. The van der Waals surface area contributed by atoms with Crippen LogP contribution in [0.5, 0.6) is 5.75 Å². The average molecular weight is 736 g/mol. The summed E-state index contributed by atoms with van der Waals surface area (Å²) in [4.78, 5) is 62.1. The molecule has 1 saturated carbocycles. The molecule has 6 atom stereocenters. The van der Waals surface area contributed by atoms with Gasteiger partial charge in [0.15, 0.2) is 33.0 Å². The van der Waals surface area contributed by atoms with Crippen molar-refractivity contribution in [2.24, 2.45) is 17.8 Å². The number of fused-ring (bicyclic) bond motifs is 4. The molecule has 7 rings (SSSR count). The minimum absolute atomic E-state index is 0.118. The molecular weight excluding hydrogens is 716 g/mol. The molecule has 0 radical (unpaired) electrons. The fourth-order valence-corrected chi connectivity index (χ4v) is 8.75. The predicted molar refractivity (Wildman–Crippen MR) is 165 cm³/mol. The minimum atomic E-state index is -2.79. The van der Waals surface area contributed by atoms with Gasteiger partial charge in [-0.15, -0.1) is 23.2 Å². The molecule has 6 unspecified atom stereocenters. The number of hydrogen-bond donors (Lipinski definition) is 1. The third-order valence-corrected chi connectivity index (χ3v) is 11.5.